The lowest BCUT2D eigenvalue weighted by Gasteiger charge is -2.30. The fourth-order valence-electron chi connectivity index (χ4n) is 5.30. The van der Waals surface area contributed by atoms with Crippen LogP contribution in [0.25, 0.3) is 5.00 Å². The highest BCUT2D eigenvalue weighted by atomic mass is 35.5. The molecule has 4 aromatic rings. The topological polar surface area (TPSA) is 128 Å². The van der Waals surface area contributed by atoms with E-state index in [1.165, 1.54) is 4.88 Å². The van der Waals surface area contributed by atoms with Gasteiger partial charge in [-0.2, -0.15) is 0 Å². The number of amides is 1. The molecule has 0 aliphatic carbocycles. The van der Waals surface area contributed by atoms with Crippen LogP contribution in [0.2, 0.25) is 5.02 Å². The number of hydrogen-bond acceptors (Lipinski definition) is 8. The van der Waals surface area contributed by atoms with Gasteiger partial charge in [-0.1, -0.05) is 30.7 Å². The van der Waals surface area contributed by atoms with Crippen molar-refractivity contribution in [3.63, 3.8) is 0 Å². The van der Waals surface area contributed by atoms with Crippen molar-refractivity contribution in [1.82, 2.24) is 14.8 Å². The number of aryl methyl sites for hydroxylation is 2. The standard InChI is InChI=1S/C36H42ClN5O5S/c1-8-36(7,47-18-17-35(5,6)34(44)45)20-46-27-15-13-26(14-16-27)38-29(43)19-28-32-41-40-23(4)42(32)33-30(21(2)22(3)48-33)31(39-28)24-9-11-25(37)12-10-24/h9-16,28H,8,17-20H2,1-7H3,(H,38,43)(H,44,45)/t28-,36?/m0/s1. The van der Waals surface area contributed by atoms with E-state index in [2.05, 4.69) is 29.4 Å². The molecule has 0 fully saturated rings. The summed E-state index contributed by atoms with van der Waals surface area (Å²) >= 11 is 7.89. The maximum absolute atomic E-state index is 13.5. The lowest BCUT2D eigenvalue weighted by Crippen LogP contribution is -2.37. The van der Waals surface area contributed by atoms with Gasteiger partial charge in [-0.3, -0.25) is 19.1 Å². The molecule has 1 unspecified atom stereocenters. The summed E-state index contributed by atoms with van der Waals surface area (Å²) < 4.78 is 14.1. The third-order valence-corrected chi connectivity index (χ3v) is 10.4. The molecule has 1 aliphatic heterocycles. The number of aromatic nitrogens is 3. The Morgan fingerprint density at radius 2 is 1.73 bits per heavy atom. The van der Waals surface area contributed by atoms with Gasteiger partial charge in [0.05, 0.1) is 23.1 Å². The van der Waals surface area contributed by atoms with E-state index in [0.717, 1.165) is 33.2 Å². The number of carboxylic acid groups (broad SMARTS) is 1. The summed E-state index contributed by atoms with van der Waals surface area (Å²) in [6, 6.07) is 14.2. The Bertz CT molecular complexity index is 1830. The number of aliphatic carboxylic acids is 1. The molecule has 254 valence electrons. The molecule has 1 amide bonds. The molecule has 2 aromatic heterocycles. The SMILES string of the molecule is CCC(C)(COc1ccc(NC(=O)C[C@@H]2N=C(c3ccc(Cl)cc3)c3c(sc(C)c3C)-n3c(C)nnc32)cc1)OCCC(C)(C)C(=O)O. The largest absolute Gasteiger partial charge is 0.491 e. The van der Waals surface area contributed by atoms with Gasteiger partial charge in [0.1, 0.15) is 29.2 Å². The van der Waals surface area contributed by atoms with Crippen LogP contribution in [0, 0.1) is 26.2 Å². The molecular weight excluding hydrogens is 650 g/mol. The molecule has 0 saturated carbocycles. The summed E-state index contributed by atoms with van der Waals surface area (Å²) in [4.78, 5) is 31.3. The Kier molecular flexibility index (Phi) is 10.4. The van der Waals surface area contributed by atoms with Gasteiger partial charge in [-0.15, -0.1) is 21.5 Å². The maximum atomic E-state index is 13.5. The third kappa shape index (κ3) is 7.64. The summed E-state index contributed by atoms with van der Waals surface area (Å²) in [5, 5.41) is 22.9. The Hall–Kier alpha value is -4.06. The van der Waals surface area contributed by atoms with Crippen LogP contribution in [0.1, 0.15) is 86.2 Å². The molecule has 2 N–H and O–H groups in total. The highest BCUT2D eigenvalue weighted by Gasteiger charge is 2.33. The highest BCUT2D eigenvalue weighted by molar-refractivity contribution is 7.15. The quantitative estimate of drug-likeness (QED) is 0.146. The molecule has 0 bridgehead atoms. The Morgan fingerprint density at radius 3 is 2.38 bits per heavy atom. The average molecular weight is 692 g/mol. The molecule has 2 aromatic carbocycles. The van der Waals surface area contributed by atoms with Crippen molar-refractivity contribution in [1.29, 1.82) is 0 Å². The minimum atomic E-state index is -0.862. The monoisotopic (exact) mass is 691 g/mol. The average Bonchev–Trinajstić information content (AvgIpc) is 3.52. The minimum absolute atomic E-state index is 0.0608. The van der Waals surface area contributed by atoms with Crippen molar-refractivity contribution in [3.8, 4) is 10.8 Å². The van der Waals surface area contributed by atoms with Crippen molar-refractivity contribution in [3.05, 3.63) is 86.8 Å². The first-order chi connectivity index (χ1) is 22.7. The number of thiophene rings is 1. The number of benzene rings is 2. The normalized spacial score (nSPS) is 15.5. The summed E-state index contributed by atoms with van der Waals surface area (Å²) in [6.07, 6.45) is 1.15. The number of ether oxygens (including phenoxy) is 2. The van der Waals surface area contributed by atoms with E-state index in [4.69, 9.17) is 26.1 Å². The maximum Gasteiger partial charge on any atom is 0.309 e. The van der Waals surface area contributed by atoms with E-state index in [0.29, 0.717) is 48.3 Å². The van der Waals surface area contributed by atoms with Gasteiger partial charge in [0.2, 0.25) is 5.91 Å². The number of nitrogens with zero attached hydrogens (tertiary/aromatic N) is 4. The van der Waals surface area contributed by atoms with Gasteiger partial charge in [-0.25, -0.2) is 0 Å². The van der Waals surface area contributed by atoms with Gasteiger partial charge >= 0.3 is 5.97 Å². The molecule has 0 spiro atoms. The number of rotatable bonds is 13. The van der Waals surface area contributed by atoms with Crippen molar-refractivity contribution in [2.45, 2.75) is 79.4 Å². The summed E-state index contributed by atoms with van der Waals surface area (Å²) in [7, 11) is 0. The molecule has 48 heavy (non-hydrogen) atoms. The van der Waals surface area contributed by atoms with Crippen LogP contribution in [0.3, 0.4) is 0 Å². The minimum Gasteiger partial charge on any atom is -0.491 e. The third-order valence-electron chi connectivity index (χ3n) is 8.92. The first-order valence-corrected chi connectivity index (χ1v) is 17.2. The zero-order valence-electron chi connectivity index (χ0n) is 28.4. The molecule has 1 aliphatic rings. The predicted molar refractivity (Wildman–Crippen MR) is 189 cm³/mol. The molecule has 2 atom stereocenters. The van der Waals surface area contributed by atoms with Crippen LogP contribution in [0.4, 0.5) is 5.69 Å². The number of carboxylic acids is 1. The molecule has 12 heteroatoms. The number of carbonyl (C=O) groups is 2. The number of halogens is 1. The lowest BCUT2D eigenvalue weighted by molar-refractivity contribution is -0.149. The first kappa shape index (κ1) is 35.3. The van der Waals surface area contributed by atoms with Crippen LogP contribution in [0.5, 0.6) is 5.75 Å². The summed E-state index contributed by atoms with van der Waals surface area (Å²) in [6.45, 7) is 14.0. The summed E-state index contributed by atoms with van der Waals surface area (Å²) in [5.41, 5.74) is 3.02. The van der Waals surface area contributed by atoms with Gasteiger partial charge in [0.15, 0.2) is 5.82 Å². The van der Waals surface area contributed by atoms with Gasteiger partial charge in [0.25, 0.3) is 0 Å². The molecule has 0 saturated heterocycles. The van der Waals surface area contributed by atoms with E-state index >= 15 is 0 Å². The van der Waals surface area contributed by atoms with E-state index in [-0.39, 0.29) is 12.3 Å². The van der Waals surface area contributed by atoms with E-state index in [1.54, 1.807) is 49.4 Å². The fourth-order valence-corrected chi connectivity index (χ4v) is 6.64. The Labute approximate surface area is 290 Å². The smallest absolute Gasteiger partial charge is 0.309 e. The van der Waals surface area contributed by atoms with Crippen LogP contribution in [-0.2, 0) is 14.3 Å². The van der Waals surface area contributed by atoms with E-state index < -0.39 is 23.0 Å². The van der Waals surface area contributed by atoms with Crippen LogP contribution in [-0.4, -0.2) is 56.3 Å². The number of aliphatic imine (C=N–C) groups is 1. The second-order valence-electron chi connectivity index (χ2n) is 13.1. The second kappa shape index (κ2) is 14.2. The highest BCUT2D eigenvalue weighted by Crippen LogP contribution is 2.39. The number of nitrogens with one attached hydrogen (secondary N) is 1. The molecule has 5 rings (SSSR count). The zero-order chi connectivity index (χ0) is 34.8. The first-order valence-electron chi connectivity index (χ1n) is 16.0. The van der Waals surface area contributed by atoms with Gasteiger partial charge < -0.3 is 19.9 Å². The number of fused-ring (bicyclic) bond motifs is 3. The molecule has 10 nitrogen and oxygen atoms in total. The molecule has 0 radical (unpaired) electrons. The summed E-state index contributed by atoms with van der Waals surface area (Å²) in [5.74, 6) is 0.913. The van der Waals surface area contributed by atoms with Crippen molar-refractivity contribution >= 4 is 46.2 Å². The van der Waals surface area contributed by atoms with Crippen LogP contribution in [0.15, 0.2) is 53.5 Å². The zero-order valence-corrected chi connectivity index (χ0v) is 30.0. The second-order valence-corrected chi connectivity index (χ2v) is 14.7. The van der Waals surface area contributed by atoms with Gasteiger partial charge in [0, 0.05) is 33.3 Å². The van der Waals surface area contributed by atoms with Crippen molar-refractivity contribution < 1.29 is 24.2 Å². The molecule has 3 heterocycles. The molecular formula is C36H42ClN5O5S. The lowest BCUT2D eigenvalue weighted by atomic mass is 9.90. The van der Waals surface area contributed by atoms with E-state index in [1.807, 2.05) is 49.6 Å². The van der Waals surface area contributed by atoms with Crippen LogP contribution < -0.4 is 10.1 Å². The van der Waals surface area contributed by atoms with E-state index in [9.17, 15) is 14.7 Å². The van der Waals surface area contributed by atoms with Crippen molar-refractivity contribution in [2.24, 2.45) is 10.4 Å². The number of hydrogen-bond donors (Lipinski definition) is 2. The number of anilines is 1. The van der Waals surface area contributed by atoms with Crippen molar-refractivity contribution in [2.75, 3.05) is 18.5 Å². The Morgan fingerprint density at radius 1 is 1.04 bits per heavy atom. The van der Waals surface area contributed by atoms with Gasteiger partial charge in [-0.05, 0) is 96.3 Å². The number of carbonyl (C=O) groups excluding carboxylic acids is 1. The fraction of sp³-hybridized carbons (Fsp3) is 0.417. The predicted octanol–water partition coefficient (Wildman–Crippen LogP) is 7.89. The Balaban J connectivity index is 1.29. The van der Waals surface area contributed by atoms with Crippen LogP contribution >= 0.6 is 22.9 Å².